The third-order valence-corrected chi connectivity index (χ3v) is 4.69. The van der Waals surface area contributed by atoms with E-state index in [1.165, 1.54) is 11.1 Å². The maximum Gasteiger partial charge on any atom is 0.119 e. The second-order valence-electron chi connectivity index (χ2n) is 5.76. The van der Waals surface area contributed by atoms with Gasteiger partial charge in [0, 0.05) is 0 Å². The molecule has 0 aromatic heterocycles. The van der Waals surface area contributed by atoms with E-state index in [1.807, 2.05) is 18.2 Å². The van der Waals surface area contributed by atoms with Gasteiger partial charge in [0.25, 0.3) is 0 Å². The fourth-order valence-corrected chi connectivity index (χ4v) is 3.18. The van der Waals surface area contributed by atoms with Crippen LogP contribution >= 0.6 is 11.6 Å². The average Bonchev–Trinajstić information content (AvgIpc) is 2.55. The molecule has 0 aliphatic carbocycles. The number of hydrogen-bond donors (Lipinski definition) is 0. The molecule has 0 aliphatic rings. The Morgan fingerprint density at radius 3 is 1.82 bits per heavy atom. The first kappa shape index (κ1) is 14.9. The van der Waals surface area contributed by atoms with Gasteiger partial charge in [-0.1, -0.05) is 90.0 Å². The monoisotopic (exact) mass is 306 g/mol. The summed E-state index contributed by atoms with van der Waals surface area (Å²) in [5.74, 6) is 0. The van der Waals surface area contributed by atoms with Gasteiger partial charge in [-0.05, 0) is 30.5 Å². The van der Waals surface area contributed by atoms with Gasteiger partial charge in [-0.15, -0.1) is 11.6 Å². The van der Waals surface area contributed by atoms with Gasteiger partial charge in [0.1, 0.15) is 4.87 Å². The smallest absolute Gasteiger partial charge is 0.104 e. The molecule has 0 amide bonds. The molecule has 0 fully saturated rings. The molecule has 0 nitrogen and oxygen atoms in total. The summed E-state index contributed by atoms with van der Waals surface area (Å²) in [5, 5.41) is 0. The van der Waals surface area contributed by atoms with Crippen LogP contribution in [0.15, 0.2) is 78.9 Å². The summed E-state index contributed by atoms with van der Waals surface area (Å²) in [7, 11) is 0. The highest BCUT2D eigenvalue weighted by molar-refractivity contribution is 6.28. The number of aryl methyl sites for hydroxylation is 2. The van der Waals surface area contributed by atoms with Crippen molar-refractivity contribution in [2.75, 3.05) is 0 Å². The van der Waals surface area contributed by atoms with Crippen LogP contribution in [0.4, 0.5) is 0 Å². The van der Waals surface area contributed by atoms with Gasteiger partial charge in [-0.25, -0.2) is 0 Å². The Kier molecular flexibility index (Phi) is 4.04. The van der Waals surface area contributed by atoms with Crippen LogP contribution < -0.4 is 0 Å². The highest BCUT2D eigenvalue weighted by atomic mass is 35.5. The molecule has 22 heavy (non-hydrogen) atoms. The van der Waals surface area contributed by atoms with Crippen molar-refractivity contribution in [1.82, 2.24) is 0 Å². The molecule has 3 aromatic rings. The lowest BCUT2D eigenvalue weighted by molar-refractivity contribution is 0.877. The zero-order valence-corrected chi connectivity index (χ0v) is 13.6. The van der Waals surface area contributed by atoms with Gasteiger partial charge in [0.2, 0.25) is 0 Å². The van der Waals surface area contributed by atoms with Crippen molar-refractivity contribution in [3.63, 3.8) is 0 Å². The number of rotatable bonds is 3. The predicted molar refractivity (Wildman–Crippen MR) is 94.5 cm³/mol. The van der Waals surface area contributed by atoms with Gasteiger partial charge < -0.3 is 0 Å². The molecular weight excluding hydrogens is 288 g/mol. The Hall–Kier alpha value is -2.05. The van der Waals surface area contributed by atoms with Crippen LogP contribution in [0.3, 0.4) is 0 Å². The van der Waals surface area contributed by atoms with Gasteiger partial charge in [-0.2, -0.15) is 0 Å². The molecule has 0 saturated carbocycles. The molecule has 1 heteroatoms. The quantitative estimate of drug-likeness (QED) is 0.421. The van der Waals surface area contributed by atoms with Crippen LogP contribution in [0.1, 0.15) is 27.8 Å². The molecule has 0 heterocycles. The predicted octanol–water partition coefficient (Wildman–Crippen LogP) is 5.83. The number of hydrogen-bond acceptors (Lipinski definition) is 0. The SMILES string of the molecule is Cc1ccc(C(Cl)(c2ccccc2)c2cccc(C)c2)cc1. The highest BCUT2D eigenvalue weighted by Crippen LogP contribution is 2.43. The molecule has 0 bridgehead atoms. The largest absolute Gasteiger partial charge is 0.119 e. The normalized spacial score (nSPS) is 13.6. The molecule has 0 spiro atoms. The maximum absolute atomic E-state index is 7.24. The van der Waals surface area contributed by atoms with Crippen LogP contribution in [-0.4, -0.2) is 0 Å². The summed E-state index contributed by atoms with van der Waals surface area (Å²) in [5.41, 5.74) is 5.73. The lowest BCUT2D eigenvalue weighted by Crippen LogP contribution is -2.22. The minimum Gasteiger partial charge on any atom is -0.104 e. The Bertz CT molecular complexity index is 759. The van der Waals surface area contributed by atoms with Crippen molar-refractivity contribution in [2.45, 2.75) is 18.7 Å². The number of halogens is 1. The van der Waals surface area contributed by atoms with Gasteiger partial charge >= 0.3 is 0 Å². The van der Waals surface area contributed by atoms with Crippen molar-refractivity contribution in [3.05, 3.63) is 107 Å². The zero-order valence-electron chi connectivity index (χ0n) is 12.9. The second-order valence-corrected chi connectivity index (χ2v) is 6.33. The van der Waals surface area contributed by atoms with Gasteiger partial charge in [0.05, 0.1) is 0 Å². The summed E-state index contributed by atoms with van der Waals surface area (Å²) in [6.45, 7) is 4.19. The van der Waals surface area contributed by atoms with E-state index in [9.17, 15) is 0 Å². The van der Waals surface area contributed by atoms with Crippen molar-refractivity contribution < 1.29 is 0 Å². The molecule has 3 rings (SSSR count). The van der Waals surface area contributed by atoms with E-state index in [1.54, 1.807) is 0 Å². The Labute approximate surface area is 137 Å². The van der Waals surface area contributed by atoms with E-state index >= 15 is 0 Å². The van der Waals surface area contributed by atoms with E-state index in [-0.39, 0.29) is 0 Å². The zero-order chi connectivity index (χ0) is 15.6. The Morgan fingerprint density at radius 2 is 1.18 bits per heavy atom. The average molecular weight is 307 g/mol. The summed E-state index contributed by atoms with van der Waals surface area (Å²) in [6.07, 6.45) is 0. The van der Waals surface area contributed by atoms with E-state index < -0.39 is 4.87 Å². The molecule has 110 valence electrons. The van der Waals surface area contributed by atoms with Gasteiger partial charge in [0.15, 0.2) is 0 Å². The highest BCUT2D eigenvalue weighted by Gasteiger charge is 2.33. The first-order chi connectivity index (χ1) is 10.6. The molecule has 1 unspecified atom stereocenters. The lowest BCUT2D eigenvalue weighted by atomic mass is 9.83. The molecule has 1 atom stereocenters. The van der Waals surface area contributed by atoms with Crippen LogP contribution in [0.25, 0.3) is 0 Å². The second kappa shape index (κ2) is 5.98. The van der Waals surface area contributed by atoms with Crippen molar-refractivity contribution >= 4 is 11.6 Å². The molecule has 0 radical (unpaired) electrons. The van der Waals surface area contributed by atoms with Crippen LogP contribution in [0, 0.1) is 13.8 Å². The van der Waals surface area contributed by atoms with E-state index in [0.29, 0.717) is 0 Å². The van der Waals surface area contributed by atoms with E-state index in [2.05, 4.69) is 74.5 Å². The molecular formula is C21H19Cl. The summed E-state index contributed by atoms with van der Waals surface area (Å²) < 4.78 is 0. The molecule has 0 aliphatic heterocycles. The van der Waals surface area contributed by atoms with Crippen LogP contribution in [0.5, 0.6) is 0 Å². The summed E-state index contributed by atoms with van der Waals surface area (Å²) in [4.78, 5) is -0.666. The van der Waals surface area contributed by atoms with Gasteiger partial charge in [-0.3, -0.25) is 0 Å². The fraction of sp³-hybridized carbons (Fsp3) is 0.143. The minimum atomic E-state index is -0.666. The van der Waals surface area contributed by atoms with Crippen molar-refractivity contribution in [3.8, 4) is 0 Å². The first-order valence-electron chi connectivity index (χ1n) is 7.49. The summed E-state index contributed by atoms with van der Waals surface area (Å²) in [6, 6.07) is 27.2. The topological polar surface area (TPSA) is 0 Å². The first-order valence-corrected chi connectivity index (χ1v) is 7.87. The van der Waals surface area contributed by atoms with E-state index in [4.69, 9.17) is 11.6 Å². The lowest BCUT2D eigenvalue weighted by Gasteiger charge is -2.29. The standard InChI is InChI=1S/C21H19Cl/c1-16-11-13-19(14-12-16)21(22,18-8-4-3-5-9-18)20-10-6-7-17(2)15-20/h3-15H,1-2H3. The summed E-state index contributed by atoms with van der Waals surface area (Å²) >= 11 is 7.24. The Morgan fingerprint density at radius 1 is 0.591 bits per heavy atom. The molecule has 0 saturated heterocycles. The maximum atomic E-state index is 7.24. The molecule has 0 N–H and O–H groups in total. The Balaban J connectivity index is 2.24. The third kappa shape index (κ3) is 2.67. The fourth-order valence-electron chi connectivity index (χ4n) is 2.81. The third-order valence-electron chi connectivity index (χ3n) is 4.04. The number of benzene rings is 3. The van der Waals surface area contributed by atoms with E-state index in [0.717, 1.165) is 16.7 Å². The van der Waals surface area contributed by atoms with Crippen molar-refractivity contribution in [2.24, 2.45) is 0 Å². The van der Waals surface area contributed by atoms with Crippen LogP contribution in [0.2, 0.25) is 0 Å². The van der Waals surface area contributed by atoms with Crippen molar-refractivity contribution in [1.29, 1.82) is 0 Å². The minimum absolute atomic E-state index is 0.666. The number of alkyl halides is 1. The molecule has 3 aromatic carbocycles. The van der Waals surface area contributed by atoms with Crippen LogP contribution in [-0.2, 0) is 4.87 Å².